The van der Waals surface area contributed by atoms with Gasteiger partial charge < -0.3 is 14.6 Å². The molecule has 0 bridgehead atoms. The Kier molecular flexibility index (Phi) is 2.98. The zero-order valence-electron chi connectivity index (χ0n) is 11.1. The Hall–Kier alpha value is -1.88. The first-order valence-electron chi connectivity index (χ1n) is 6.45. The first-order valence-corrected chi connectivity index (χ1v) is 6.45. The fourth-order valence-corrected chi connectivity index (χ4v) is 2.53. The Bertz CT molecular complexity index is 633. The third-order valence-corrected chi connectivity index (χ3v) is 3.41. The van der Waals surface area contributed by atoms with Crippen LogP contribution in [-0.2, 0) is 16.1 Å². The van der Waals surface area contributed by atoms with Crippen molar-refractivity contribution in [2.24, 2.45) is 0 Å². The molecule has 1 N–H and O–H groups in total. The van der Waals surface area contributed by atoms with Gasteiger partial charge in [0.25, 0.3) is 0 Å². The predicted octanol–water partition coefficient (Wildman–Crippen LogP) is 1.55. The molecule has 2 heterocycles. The number of aromatic nitrogens is 2. The molecule has 1 aliphatic heterocycles. The van der Waals surface area contributed by atoms with Gasteiger partial charge in [0.05, 0.1) is 23.7 Å². The van der Waals surface area contributed by atoms with E-state index < -0.39 is 0 Å². The van der Waals surface area contributed by atoms with E-state index in [4.69, 9.17) is 4.74 Å². The molecule has 0 saturated carbocycles. The molecular weight excluding hydrogens is 242 g/mol. The summed E-state index contributed by atoms with van der Waals surface area (Å²) in [5.41, 5.74) is 3.31. The van der Waals surface area contributed by atoms with E-state index in [1.54, 1.807) is 0 Å². The molecule has 1 atom stereocenters. The number of hydrogen-bond acceptors (Lipinski definition) is 3. The molecule has 0 saturated heterocycles. The second kappa shape index (κ2) is 4.66. The normalized spacial score (nSPS) is 18.3. The van der Waals surface area contributed by atoms with E-state index in [1.807, 2.05) is 6.07 Å². The molecule has 19 heavy (non-hydrogen) atoms. The van der Waals surface area contributed by atoms with Crippen LogP contribution >= 0.6 is 0 Å². The minimum Gasteiger partial charge on any atom is -0.371 e. The molecule has 100 valence electrons. The maximum absolute atomic E-state index is 11.1. The van der Waals surface area contributed by atoms with Gasteiger partial charge in [-0.2, -0.15) is 0 Å². The van der Waals surface area contributed by atoms with Crippen LogP contribution in [0.15, 0.2) is 18.2 Å². The highest BCUT2D eigenvalue weighted by Crippen LogP contribution is 2.26. The van der Waals surface area contributed by atoms with Crippen molar-refractivity contribution in [3.05, 3.63) is 29.6 Å². The number of hydrogen-bond donors (Lipinski definition) is 1. The third kappa shape index (κ3) is 2.21. The van der Waals surface area contributed by atoms with Crippen LogP contribution in [0, 0.1) is 6.92 Å². The number of aryl methyl sites for hydroxylation is 1. The summed E-state index contributed by atoms with van der Waals surface area (Å²) in [5.74, 6) is 0.912. The minimum absolute atomic E-state index is 0.0206. The van der Waals surface area contributed by atoms with Gasteiger partial charge in [-0.25, -0.2) is 4.98 Å². The fraction of sp³-hybridized carbons (Fsp3) is 0.429. The van der Waals surface area contributed by atoms with Crippen LogP contribution in [0.25, 0.3) is 11.0 Å². The number of benzene rings is 1. The van der Waals surface area contributed by atoms with Crippen LogP contribution in [0.5, 0.6) is 0 Å². The lowest BCUT2D eigenvalue weighted by atomic mass is 10.2. The van der Waals surface area contributed by atoms with Gasteiger partial charge in [-0.1, -0.05) is 6.07 Å². The zero-order chi connectivity index (χ0) is 13.4. The van der Waals surface area contributed by atoms with E-state index >= 15 is 0 Å². The molecule has 0 aliphatic carbocycles. The molecule has 0 unspecified atom stereocenters. The lowest BCUT2D eigenvalue weighted by Crippen LogP contribution is -2.34. The van der Waals surface area contributed by atoms with E-state index in [-0.39, 0.29) is 11.9 Å². The molecule has 5 heteroatoms. The van der Waals surface area contributed by atoms with Gasteiger partial charge in [0.1, 0.15) is 12.4 Å². The highest BCUT2D eigenvalue weighted by Gasteiger charge is 2.24. The Balaban J connectivity index is 2.03. The fourth-order valence-electron chi connectivity index (χ4n) is 2.53. The molecule has 5 nitrogen and oxygen atoms in total. The van der Waals surface area contributed by atoms with Crippen LogP contribution < -0.4 is 5.32 Å². The summed E-state index contributed by atoms with van der Waals surface area (Å²) in [7, 11) is 0. The highest BCUT2D eigenvalue weighted by molar-refractivity contribution is 5.77. The topological polar surface area (TPSA) is 56.1 Å². The number of carbonyl (C=O) groups is 1. The van der Waals surface area contributed by atoms with Gasteiger partial charge in [-0.15, -0.1) is 0 Å². The van der Waals surface area contributed by atoms with Crippen LogP contribution in [0.4, 0.5) is 0 Å². The Labute approximate surface area is 111 Å². The van der Waals surface area contributed by atoms with Crippen molar-refractivity contribution >= 4 is 16.9 Å². The summed E-state index contributed by atoms with van der Waals surface area (Å²) >= 11 is 0. The summed E-state index contributed by atoms with van der Waals surface area (Å²) < 4.78 is 7.76. The SMILES string of the molecule is CC(=O)NC[C@H]1COCc2nc3ccc(C)cc3n21. The third-order valence-electron chi connectivity index (χ3n) is 3.41. The molecule has 0 radical (unpaired) electrons. The van der Waals surface area contributed by atoms with E-state index in [0.717, 1.165) is 16.9 Å². The van der Waals surface area contributed by atoms with Crippen molar-refractivity contribution in [1.29, 1.82) is 0 Å². The number of nitrogens with zero attached hydrogens (tertiary/aromatic N) is 2. The number of imidazole rings is 1. The van der Waals surface area contributed by atoms with Crippen LogP contribution in [-0.4, -0.2) is 28.6 Å². The first kappa shape index (κ1) is 12.2. The van der Waals surface area contributed by atoms with E-state index in [1.165, 1.54) is 12.5 Å². The quantitative estimate of drug-likeness (QED) is 0.890. The summed E-state index contributed by atoms with van der Waals surface area (Å²) in [6.07, 6.45) is 0. The number of carbonyl (C=O) groups excluding carboxylic acids is 1. The average molecular weight is 259 g/mol. The number of nitrogens with one attached hydrogen (secondary N) is 1. The maximum Gasteiger partial charge on any atom is 0.216 e. The monoisotopic (exact) mass is 259 g/mol. The van der Waals surface area contributed by atoms with Gasteiger partial charge in [0.2, 0.25) is 5.91 Å². The van der Waals surface area contributed by atoms with Crippen molar-refractivity contribution in [2.75, 3.05) is 13.2 Å². The molecule has 1 aromatic heterocycles. The van der Waals surface area contributed by atoms with Crippen LogP contribution in [0.3, 0.4) is 0 Å². The van der Waals surface area contributed by atoms with Crippen molar-refractivity contribution in [2.45, 2.75) is 26.5 Å². The Morgan fingerprint density at radius 1 is 1.58 bits per heavy atom. The summed E-state index contributed by atoms with van der Waals surface area (Å²) in [4.78, 5) is 15.7. The van der Waals surface area contributed by atoms with E-state index in [2.05, 4.69) is 33.9 Å². The molecule has 0 spiro atoms. The minimum atomic E-state index is -0.0206. The second-order valence-electron chi connectivity index (χ2n) is 5.00. The number of ether oxygens (including phenoxy) is 1. The Morgan fingerprint density at radius 2 is 2.42 bits per heavy atom. The molecular formula is C14H17N3O2. The van der Waals surface area contributed by atoms with Gasteiger partial charge in [-0.05, 0) is 24.6 Å². The van der Waals surface area contributed by atoms with Crippen molar-refractivity contribution in [1.82, 2.24) is 14.9 Å². The van der Waals surface area contributed by atoms with Crippen molar-refractivity contribution in [3.63, 3.8) is 0 Å². The standard InChI is InChI=1S/C14H17N3O2/c1-9-3-4-12-13(5-9)17-11(6-15-10(2)18)7-19-8-14(17)16-12/h3-5,11H,6-8H2,1-2H3,(H,15,18)/t11-/m0/s1. The first-order chi connectivity index (χ1) is 9.15. The molecule has 0 fully saturated rings. The molecule has 1 aliphatic rings. The summed E-state index contributed by atoms with van der Waals surface area (Å²) in [6, 6.07) is 6.34. The van der Waals surface area contributed by atoms with Gasteiger partial charge in [0.15, 0.2) is 0 Å². The lowest BCUT2D eigenvalue weighted by Gasteiger charge is -2.26. The number of amides is 1. The van der Waals surface area contributed by atoms with E-state index in [0.29, 0.717) is 19.8 Å². The average Bonchev–Trinajstić information content (AvgIpc) is 2.74. The van der Waals surface area contributed by atoms with E-state index in [9.17, 15) is 4.79 Å². The smallest absolute Gasteiger partial charge is 0.216 e. The van der Waals surface area contributed by atoms with Gasteiger partial charge >= 0.3 is 0 Å². The molecule has 2 aromatic rings. The van der Waals surface area contributed by atoms with Gasteiger partial charge in [0, 0.05) is 13.5 Å². The Morgan fingerprint density at radius 3 is 3.21 bits per heavy atom. The zero-order valence-corrected chi connectivity index (χ0v) is 11.1. The van der Waals surface area contributed by atoms with Crippen molar-refractivity contribution in [3.8, 4) is 0 Å². The maximum atomic E-state index is 11.1. The largest absolute Gasteiger partial charge is 0.371 e. The molecule has 1 aromatic carbocycles. The highest BCUT2D eigenvalue weighted by atomic mass is 16.5. The predicted molar refractivity (Wildman–Crippen MR) is 71.8 cm³/mol. The summed E-state index contributed by atoms with van der Waals surface area (Å²) in [5, 5.41) is 2.86. The van der Waals surface area contributed by atoms with Crippen molar-refractivity contribution < 1.29 is 9.53 Å². The van der Waals surface area contributed by atoms with Gasteiger partial charge in [-0.3, -0.25) is 4.79 Å². The second-order valence-corrected chi connectivity index (χ2v) is 5.00. The van der Waals surface area contributed by atoms with Crippen LogP contribution in [0.1, 0.15) is 24.4 Å². The number of fused-ring (bicyclic) bond motifs is 3. The number of rotatable bonds is 2. The summed E-state index contributed by atoms with van der Waals surface area (Å²) in [6.45, 7) is 5.31. The molecule has 3 rings (SSSR count). The lowest BCUT2D eigenvalue weighted by molar-refractivity contribution is -0.119. The molecule has 1 amide bonds. The van der Waals surface area contributed by atoms with Crippen LogP contribution in [0.2, 0.25) is 0 Å².